The van der Waals surface area contributed by atoms with Gasteiger partial charge in [0.15, 0.2) is 5.82 Å². The Balaban J connectivity index is 1.55. The molecule has 27 heavy (non-hydrogen) atoms. The van der Waals surface area contributed by atoms with E-state index in [9.17, 15) is 4.79 Å². The molecule has 0 atom stereocenters. The number of carbonyl (C=O) groups is 1. The van der Waals surface area contributed by atoms with Crippen LogP contribution in [0.4, 0.5) is 5.82 Å². The Bertz CT molecular complexity index is 1140. The van der Waals surface area contributed by atoms with Crippen molar-refractivity contribution < 1.29 is 4.79 Å². The molecule has 1 amide bonds. The van der Waals surface area contributed by atoms with Gasteiger partial charge in [-0.25, -0.2) is 14.6 Å². The van der Waals surface area contributed by atoms with Gasteiger partial charge in [0.1, 0.15) is 12.1 Å². The predicted molar refractivity (Wildman–Crippen MR) is 104 cm³/mol. The van der Waals surface area contributed by atoms with E-state index in [2.05, 4.69) is 20.4 Å². The van der Waals surface area contributed by atoms with Gasteiger partial charge in [0.05, 0.1) is 12.1 Å². The lowest BCUT2D eigenvalue weighted by Crippen LogP contribution is -2.16. The lowest BCUT2D eigenvalue weighted by molar-refractivity contribution is -0.115. The summed E-state index contributed by atoms with van der Waals surface area (Å²) in [7, 11) is 1.98. The molecule has 4 aromatic rings. The summed E-state index contributed by atoms with van der Waals surface area (Å²) in [5, 5.41) is 8.36. The number of aryl methyl sites for hydroxylation is 3. The van der Waals surface area contributed by atoms with Crippen molar-refractivity contribution in [3.05, 3.63) is 65.9 Å². The van der Waals surface area contributed by atoms with Crippen molar-refractivity contribution >= 4 is 22.6 Å². The van der Waals surface area contributed by atoms with Gasteiger partial charge in [0, 0.05) is 35.9 Å². The number of anilines is 1. The Hall–Kier alpha value is -3.48. The van der Waals surface area contributed by atoms with Crippen LogP contribution in [0, 0.1) is 13.8 Å². The molecule has 1 N–H and O–H groups in total. The molecule has 7 nitrogen and oxygen atoms in total. The van der Waals surface area contributed by atoms with Crippen LogP contribution in [0.2, 0.25) is 0 Å². The number of rotatable bonds is 4. The molecule has 4 rings (SSSR count). The molecule has 3 heterocycles. The number of carbonyl (C=O) groups excluding carboxylic acids is 1. The van der Waals surface area contributed by atoms with Gasteiger partial charge in [-0.05, 0) is 31.5 Å². The van der Waals surface area contributed by atoms with Crippen molar-refractivity contribution in [3.8, 4) is 5.82 Å². The Labute approximate surface area is 156 Å². The molecule has 0 unspecified atom stereocenters. The second-order valence-corrected chi connectivity index (χ2v) is 6.61. The van der Waals surface area contributed by atoms with E-state index < -0.39 is 0 Å². The predicted octanol–water partition coefficient (Wildman–Crippen LogP) is 2.95. The molecule has 136 valence electrons. The number of nitrogens with zero attached hydrogens (tertiary/aromatic N) is 5. The highest BCUT2D eigenvalue weighted by molar-refractivity contribution is 5.95. The average Bonchev–Trinajstić information content (AvgIpc) is 3.14. The number of benzene rings is 1. The van der Waals surface area contributed by atoms with E-state index in [-0.39, 0.29) is 12.3 Å². The number of hydrogen-bond donors (Lipinski definition) is 1. The third-order valence-corrected chi connectivity index (χ3v) is 4.48. The van der Waals surface area contributed by atoms with Crippen LogP contribution in [0.15, 0.2) is 48.9 Å². The smallest absolute Gasteiger partial charge is 0.230 e. The molecule has 0 saturated heterocycles. The Morgan fingerprint density at radius 3 is 2.74 bits per heavy atom. The van der Waals surface area contributed by atoms with Crippen molar-refractivity contribution in [2.45, 2.75) is 20.3 Å². The number of aromatic nitrogens is 5. The van der Waals surface area contributed by atoms with Crippen molar-refractivity contribution in [2.75, 3.05) is 5.32 Å². The van der Waals surface area contributed by atoms with Crippen LogP contribution < -0.4 is 5.32 Å². The molecule has 0 saturated carbocycles. The minimum atomic E-state index is -0.121. The second-order valence-electron chi connectivity index (χ2n) is 6.61. The number of para-hydroxylation sites is 1. The fourth-order valence-corrected chi connectivity index (χ4v) is 3.32. The van der Waals surface area contributed by atoms with Crippen LogP contribution in [-0.4, -0.2) is 30.2 Å². The molecule has 0 bridgehead atoms. The van der Waals surface area contributed by atoms with E-state index in [4.69, 9.17) is 0 Å². The summed E-state index contributed by atoms with van der Waals surface area (Å²) >= 11 is 0. The first-order valence-corrected chi connectivity index (χ1v) is 8.70. The van der Waals surface area contributed by atoms with E-state index >= 15 is 0 Å². The normalized spacial score (nSPS) is 11.1. The van der Waals surface area contributed by atoms with Gasteiger partial charge in [-0.15, -0.1) is 0 Å². The Morgan fingerprint density at radius 1 is 1.15 bits per heavy atom. The maximum absolute atomic E-state index is 12.6. The van der Waals surface area contributed by atoms with Gasteiger partial charge in [-0.2, -0.15) is 5.10 Å². The summed E-state index contributed by atoms with van der Waals surface area (Å²) in [5.41, 5.74) is 3.97. The van der Waals surface area contributed by atoms with Gasteiger partial charge in [0.25, 0.3) is 0 Å². The number of nitrogens with one attached hydrogen (secondary N) is 1. The number of hydrogen-bond acceptors (Lipinski definition) is 4. The molecule has 0 aliphatic heterocycles. The molecule has 0 aliphatic rings. The van der Waals surface area contributed by atoms with Crippen molar-refractivity contribution in [1.82, 2.24) is 24.3 Å². The minimum absolute atomic E-state index is 0.121. The van der Waals surface area contributed by atoms with E-state index in [0.29, 0.717) is 11.6 Å². The van der Waals surface area contributed by atoms with Crippen LogP contribution in [0.25, 0.3) is 16.7 Å². The van der Waals surface area contributed by atoms with Gasteiger partial charge in [-0.1, -0.05) is 18.2 Å². The summed E-state index contributed by atoms with van der Waals surface area (Å²) in [6, 6.07) is 11.7. The van der Waals surface area contributed by atoms with Gasteiger partial charge < -0.3 is 9.88 Å². The lowest BCUT2D eigenvalue weighted by atomic mass is 10.1. The molecular weight excluding hydrogens is 340 g/mol. The fraction of sp³-hybridized carbons (Fsp3) is 0.200. The molecule has 1 aromatic carbocycles. The first kappa shape index (κ1) is 17.0. The zero-order valence-corrected chi connectivity index (χ0v) is 15.5. The van der Waals surface area contributed by atoms with E-state index in [1.54, 1.807) is 10.7 Å². The van der Waals surface area contributed by atoms with E-state index in [0.717, 1.165) is 27.9 Å². The summed E-state index contributed by atoms with van der Waals surface area (Å²) < 4.78 is 3.76. The summed E-state index contributed by atoms with van der Waals surface area (Å²) in [5.74, 6) is 0.957. The Morgan fingerprint density at radius 2 is 1.96 bits per heavy atom. The Kier molecular flexibility index (Phi) is 4.19. The minimum Gasteiger partial charge on any atom is -0.350 e. The zero-order chi connectivity index (χ0) is 19.0. The average molecular weight is 360 g/mol. The number of fused-ring (bicyclic) bond motifs is 1. The highest BCUT2D eigenvalue weighted by Crippen LogP contribution is 2.21. The monoisotopic (exact) mass is 360 g/mol. The van der Waals surface area contributed by atoms with Crippen molar-refractivity contribution in [1.29, 1.82) is 0 Å². The highest BCUT2D eigenvalue weighted by atomic mass is 16.1. The van der Waals surface area contributed by atoms with Gasteiger partial charge in [0.2, 0.25) is 5.91 Å². The SMILES string of the molecule is Cc1cc(C)n(-c2cc(NC(=O)Cc3cn(C)c4ccccc34)ncn2)n1. The van der Waals surface area contributed by atoms with Crippen LogP contribution >= 0.6 is 0 Å². The van der Waals surface area contributed by atoms with Crippen LogP contribution in [0.1, 0.15) is 17.0 Å². The molecular formula is C20H20N6O. The number of amides is 1. The third-order valence-electron chi connectivity index (χ3n) is 4.48. The van der Waals surface area contributed by atoms with Crippen molar-refractivity contribution in [2.24, 2.45) is 7.05 Å². The zero-order valence-electron chi connectivity index (χ0n) is 15.5. The molecule has 7 heteroatoms. The summed E-state index contributed by atoms with van der Waals surface area (Å²) in [6.45, 7) is 3.89. The highest BCUT2D eigenvalue weighted by Gasteiger charge is 2.12. The standard InChI is InChI=1S/C20H20N6O/c1-13-8-14(2)26(24-13)19-10-18(21-12-22-19)23-20(27)9-15-11-25(3)17-7-5-4-6-16(15)17/h4-8,10-12H,9H2,1-3H3,(H,21,22,23,27). The van der Waals surface area contributed by atoms with Crippen molar-refractivity contribution in [3.63, 3.8) is 0 Å². The first-order valence-electron chi connectivity index (χ1n) is 8.70. The molecule has 0 aliphatic carbocycles. The van der Waals surface area contributed by atoms with Gasteiger partial charge in [-0.3, -0.25) is 4.79 Å². The largest absolute Gasteiger partial charge is 0.350 e. The van der Waals surface area contributed by atoms with Crippen LogP contribution in [0.5, 0.6) is 0 Å². The molecule has 0 spiro atoms. The lowest BCUT2D eigenvalue weighted by Gasteiger charge is -2.07. The van der Waals surface area contributed by atoms with E-state index in [1.807, 2.05) is 62.0 Å². The topological polar surface area (TPSA) is 77.6 Å². The molecule has 0 fully saturated rings. The summed E-state index contributed by atoms with van der Waals surface area (Å²) in [6.07, 6.45) is 3.70. The first-order chi connectivity index (χ1) is 13.0. The third kappa shape index (κ3) is 3.31. The van der Waals surface area contributed by atoms with E-state index in [1.165, 1.54) is 6.33 Å². The molecule has 0 radical (unpaired) electrons. The maximum atomic E-state index is 12.6. The maximum Gasteiger partial charge on any atom is 0.230 e. The second kappa shape index (κ2) is 6.68. The van der Waals surface area contributed by atoms with Crippen LogP contribution in [0.3, 0.4) is 0 Å². The fourth-order valence-electron chi connectivity index (χ4n) is 3.32. The van der Waals surface area contributed by atoms with Gasteiger partial charge >= 0.3 is 0 Å². The molecule has 3 aromatic heterocycles. The quantitative estimate of drug-likeness (QED) is 0.607. The van der Waals surface area contributed by atoms with Crippen LogP contribution in [-0.2, 0) is 18.3 Å². The summed E-state index contributed by atoms with van der Waals surface area (Å²) in [4.78, 5) is 21.0.